The van der Waals surface area contributed by atoms with Gasteiger partial charge in [0.15, 0.2) is 0 Å². The van der Waals surface area contributed by atoms with E-state index in [1.165, 1.54) is 23.8 Å². The van der Waals surface area contributed by atoms with E-state index in [0.717, 1.165) is 11.1 Å². The zero-order valence-corrected chi connectivity index (χ0v) is 21.2. The van der Waals surface area contributed by atoms with E-state index in [4.69, 9.17) is 14.2 Å². The normalized spacial score (nSPS) is 23.6. The molecule has 0 radical (unpaired) electrons. The van der Waals surface area contributed by atoms with E-state index in [2.05, 4.69) is 5.32 Å². The molecule has 2 heterocycles. The molecule has 1 saturated carbocycles. The molecule has 2 aromatic rings. The number of benzene rings is 2. The van der Waals surface area contributed by atoms with Crippen molar-refractivity contribution in [2.75, 3.05) is 14.2 Å². The van der Waals surface area contributed by atoms with Crippen LogP contribution in [0.2, 0.25) is 0 Å². The fraction of sp³-hybridized carbons (Fsp3) is 0.333. The highest BCUT2D eigenvalue weighted by Gasteiger charge is 2.61. The first-order valence-corrected chi connectivity index (χ1v) is 12.8. The first kappa shape index (κ1) is 24.9. The molecule has 1 N–H and O–H groups in total. The fourth-order valence-electron chi connectivity index (χ4n) is 4.76. The summed E-state index contributed by atoms with van der Waals surface area (Å²) in [6, 6.07) is 15.5. The van der Waals surface area contributed by atoms with Gasteiger partial charge in [0.25, 0.3) is 5.91 Å². The summed E-state index contributed by atoms with van der Waals surface area (Å²) in [4.78, 5) is 52.7. The Hall–Kier alpha value is -3.79. The van der Waals surface area contributed by atoms with Crippen LogP contribution in [0, 0.1) is 5.92 Å². The van der Waals surface area contributed by atoms with Crippen molar-refractivity contribution in [2.45, 2.75) is 36.1 Å². The predicted molar refractivity (Wildman–Crippen MR) is 134 cm³/mol. The van der Waals surface area contributed by atoms with Gasteiger partial charge in [0, 0.05) is 5.25 Å². The third-order valence-corrected chi connectivity index (χ3v) is 8.44. The van der Waals surface area contributed by atoms with E-state index < -0.39 is 23.3 Å². The highest BCUT2D eigenvalue weighted by atomic mass is 32.2. The van der Waals surface area contributed by atoms with E-state index in [-0.39, 0.29) is 41.8 Å². The summed E-state index contributed by atoms with van der Waals surface area (Å²) in [7, 11) is 2.89. The van der Waals surface area contributed by atoms with Crippen LogP contribution in [0.1, 0.15) is 17.5 Å². The molecule has 5 rings (SSSR count). The van der Waals surface area contributed by atoms with Gasteiger partial charge in [0.2, 0.25) is 5.91 Å². The van der Waals surface area contributed by atoms with Crippen LogP contribution in [0.15, 0.2) is 65.9 Å². The highest BCUT2D eigenvalue weighted by Crippen LogP contribution is 2.54. The van der Waals surface area contributed by atoms with Gasteiger partial charge >= 0.3 is 11.9 Å². The molecule has 3 aliphatic rings. The number of nitrogens with one attached hydrogen (secondary N) is 1. The van der Waals surface area contributed by atoms with Gasteiger partial charge in [-0.15, -0.1) is 11.8 Å². The first-order valence-electron chi connectivity index (χ1n) is 11.8. The monoisotopic (exact) mass is 522 g/mol. The zero-order valence-electron chi connectivity index (χ0n) is 20.3. The molecule has 10 heteroatoms. The van der Waals surface area contributed by atoms with Crippen LogP contribution in [0.3, 0.4) is 0 Å². The molecule has 192 valence electrons. The lowest BCUT2D eigenvalue weighted by molar-refractivity contribution is -0.154. The van der Waals surface area contributed by atoms with E-state index in [1.807, 2.05) is 30.3 Å². The Bertz CT molecular complexity index is 1260. The van der Waals surface area contributed by atoms with Crippen molar-refractivity contribution in [1.29, 1.82) is 0 Å². The number of carbonyl (C=O) groups excluding carboxylic acids is 4. The summed E-state index contributed by atoms with van der Waals surface area (Å²) in [5.74, 6) is -1.40. The maximum absolute atomic E-state index is 13.2. The van der Waals surface area contributed by atoms with Crippen molar-refractivity contribution in [3.63, 3.8) is 0 Å². The van der Waals surface area contributed by atoms with Crippen molar-refractivity contribution in [2.24, 2.45) is 5.92 Å². The van der Waals surface area contributed by atoms with E-state index in [1.54, 1.807) is 31.4 Å². The molecule has 0 bridgehead atoms. The second-order valence-electron chi connectivity index (χ2n) is 8.99. The summed E-state index contributed by atoms with van der Waals surface area (Å²) < 4.78 is 15.6. The van der Waals surface area contributed by atoms with Crippen molar-refractivity contribution in [3.05, 3.63) is 77.0 Å². The van der Waals surface area contributed by atoms with Crippen LogP contribution in [-0.2, 0) is 41.7 Å². The largest absolute Gasteiger partial charge is 0.497 e. The fourth-order valence-corrected chi connectivity index (χ4v) is 6.50. The maximum atomic E-state index is 13.2. The average Bonchev–Trinajstić information content (AvgIpc) is 2.91. The minimum atomic E-state index is -0.800. The SMILES string of the molecule is COC(=O)C1CC2=C(C(=O)OCc3ccc(OC)cc3)N3C(=O)[C@@H](NC(=O)Cc4ccccc4)[C@H]3S[C@H]21. The summed E-state index contributed by atoms with van der Waals surface area (Å²) in [6.45, 7) is 0.0157. The lowest BCUT2D eigenvalue weighted by atomic mass is 9.77. The summed E-state index contributed by atoms with van der Waals surface area (Å²) in [6.07, 6.45) is 0.451. The number of esters is 2. The number of hydrogen-bond acceptors (Lipinski definition) is 8. The average molecular weight is 523 g/mol. The molecule has 2 fully saturated rings. The summed E-state index contributed by atoms with van der Waals surface area (Å²) >= 11 is 1.39. The molecule has 37 heavy (non-hydrogen) atoms. The third-order valence-electron chi connectivity index (χ3n) is 6.77. The number of β-lactam (4-membered cyclic amide) rings is 1. The number of methoxy groups -OCH3 is 2. The lowest BCUT2D eigenvalue weighted by Gasteiger charge is -2.55. The molecule has 2 amide bonds. The number of amides is 2. The number of carbonyl (C=O) groups is 4. The van der Waals surface area contributed by atoms with Gasteiger partial charge in [-0.05, 0) is 35.3 Å². The van der Waals surface area contributed by atoms with Gasteiger partial charge in [-0.1, -0.05) is 42.5 Å². The minimum Gasteiger partial charge on any atom is -0.497 e. The second-order valence-corrected chi connectivity index (χ2v) is 10.3. The molecule has 9 nitrogen and oxygen atoms in total. The van der Waals surface area contributed by atoms with Crippen molar-refractivity contribution >= 4 is 35.5 Å². The maximum Gasteiger partial charge on any atom is 0.355 e. The number of thioether (sulfide) groups is 1. The molecular formula is C27H26N2O7S. The number of hydrogen-bond donors (Lipinski definition) is 1. The Morgan fingerprint density at radius 2 is 1.76 bits per heavy atom. The number of fused-ring (bicyclic) bond motifs is 2. The summed E-state index contributed by atoms with van der Waals surface area (Å²) in [5.41, 5.74) is 2.45. The van der Waals surface area contributed by atoms with Crippen molar-refractivity contribution in [3.8, 4) is 5.75 Å². The van der Waals surface area contributed by atoms with Gasteiger partial charge in [-0.3, -0.25) is 19.3 Å². The smallest absolute Gasteiger partial charge is 0.355 e. The molecule has 0 aromatic heterocycles. The molecule has 2 aliphatic heterocycles. The number of rotatable bonds is 8. The molecule has 1 saturated heterocycles. The molecule has 1 aliphatic carbocycles. The van der Waals surface area contributed by atoms with Crippen LogP contribution in [0.5, 0.6) is 5.75 Å². The zero-order chi connectivity index (χ0) is 26.1. The standard InChI is InChI=1S/C27H26N2O7S/c1-34-17-10-8-16(9-11-17)14-36-27(33)22-18-13-19(26(32)35-2)23(18)37-25-21(24(31)29(22)25)28-20(30)12-15-6-4-3-5-7-15/h3-11,19,21,23,25H,12-14H2,1-2H3,(H,28,30)/t19?,21-,23-,25-/m1/s1. The Kier molecular flexibility index (Phi) is 6.92. The Morgan fingerprint density at radius 1 is 1.03 bits per heavy atom. The van der Waals surface area contributed by atoms with Crippen LogP contribution >= 0.6 is 11.8 Å². The van der Waals surface area contributed by atoms with Crippen LogP contribution in [0.25, 0.3) is 0 Å². The minimum absolute atomic E-state index is 0.0157. The summed E-state index contributed by atoms with van der Waals surface area (Å²) in [5, 5.41) is 1.97. The van der Waals surface area contributed by atoms with Gasteiger partial charge < -0.3 is 19.5 Å². The van der Waals surface area contributed by atoms with Crippen LogP contribution < -0.4 is 10.1 Å². The van der Waals surface area contributed by atoms with Crippen molar-refractivity contribution in [1.82, 2.24) is 10.2 Å². The molecule has 1 unspecified atom stereocenters. The van der Waals surface area contributed by atoms with Crippen LogP contribution in [0.4, 0.5) is 0 Å². The quantitative estimate of drug-likeness (QED) is 0.415. The Labute approximate surface area is 218 Å². The van der Waals surface area contributed by atoms with Gasteiger partial charge in [0.05, 0.1) is 26.6 Å². The first-order chi connectivity index (χ1) is 17.9. The third kappa shape index (κ3) is 4.69. The van der Waals surface area contributed by atoms with Gasteiger partial charge in [-0.25, -0.2) is 4.79 Å². The van der Waals surface area contributed by atoms with Crippen LogP contribution in [-0.4, -0.2) is 59.5 Å². The molecule has 4 atom stereocenters. The Balaban J connectivity index is 1.32. The number of nitrogens with zero attached hydrogens (tertiary/aromatic N) is 1. The second kappa shape index (κ2) is 10.3. The molecular weight excluding hydrogens is 496 g/mol. The lowest BCUT2D eigenvalue weighted by Crippen LogP contribution is -2.72. The highest BCUT2D eigenvalue weighted by molar-refractivity contribution is 8.01. The van der Waals surface area contributed by atoms with E-state index in [9.17, 15) is 19.2 Å². The Morgan fingerprint density at radius 3 is 2.43 bits per heavy atom. The van der Waals surface area contributed by atoms with Crippen molar-refractivity contribution < 1.29 is 33.4 Å². The van der Waals surface area contributed by atoms with E-state index in [0.29, 0.717) is 17.7 Å². The molecule has 0 spiro atoms. The predicted octanol–water partition coefficient (Wildman–Crippen LogP) is 2.20. The van der Waals surface area contributed by atoms with Gasteiger partial charge in [0.1, 0.15) is 29.5 Å². The molecule has 2 aromatic carbocycles. The van der Waals surface area contributed by atoms with Gasteiger partial charge in [-0.2, -0.15) is 0 Å². The van der Waals surface area contributed by atoms with E-state index >= 15 is 0 Å². The number of ether oxygens (including phenoxy) is 3. The topological polar surface area (TPSA) is 111 Å².